The molecule has 172 valence electrons. The number of carbonyl (C=O) groups excluding carboxylic acids is 2. The van der Waals surface area contributed by atoms with Crippen LogP contribution in [0.1, 0.15) is 31.8 Å². The van der Waals surface area contributed by atoms with Gasteiger partial charge in [0.25, 0.3) is 11.8 Å². The molecule has 0 aliphatic rings. The molecule has 0 aromatic heterocycles. The fraction of sp³-hybridized carbons (Fsp3) is 0.130. The second kappa shape index (κ2) is 9.07. The molecule has 2 amide bonds. The van der Waals surface area contributed by atoms with Crippen molar-refractivity contribution in [3.8, 4) is 0 Å². The Kier molecular flexibility index (Phi) is 6.59. The maximum atomic E-state index is 12.9. The van der Waals surface area contributed by atoms with E-state index in [1.165, 1.54) is 42.5 Å². The Morgan fingerprint density at radius 1 is 0.818 bits per heavy atom. The lowest BCUT2D eigenvalue weighted by Gasteiger charge is -2.12. The normalized spacial score (nSPS) is 11.7. The predicted octanol–water partition coefficient (Wildman–Crippen LogP) is 4.92. The lowest BCUT2D eigenvalue weighted by atomic mass is 10.1. The van der Waals surface area contributed by atoms with Crippen LogP contribution in [0.25, 0.3) is 0 Å². The third-order valence-electron chi connectivity index (χ3n) is 4.71. The minimum Gasteiger partial charge on any atom is -0.322 e. The highest BCUT2D eigenvalue weighted by Gasteiger charge is 2.30. The number of rotatable bonds is 5. The molecular weight excluding hydrogens is 457 g/mol. The van der Waals surface area contributed by atoms with Crippen molar-refractivity contribution in [2.24, 2.45) is 0 Å². The van der Waals surface area contributed by atoms with Crippen molar-refractivity contribution in [3.63, 3.8) is 0 Å². The smallest absolute Gasteiger partial charge is 0.322 e. The molecule has 3 aromatic carbocycles. The summed E-state index contributed by atoms with van der Waals surface area (Å²) in [4.78, 5) is 24.9. The fourth-order valence-corrected chi connectivity index (χ4v) is 3.65. The van der Waals surface area contributed by atoms with E-state index in [1.54, 1.807) is 13.0 Å². The number of carbonyl (C=O) groups is 2. The zero-order valence-corrected chi connectivity index (χ0v) is 18.3. The highest BCUT2D eigenvalue weighted by Crippen LogP contribution is 2.30. The second-order valence-corrected chi connectivity index (χ2v) is 9.33. The molecule has 10 heteroatoms. The lowest BCUT2D eigenvalue weighted by molar-refractivity contribution is -0.137. The molecular formula is C23H19F3N2O4S. The molecule has 0 fully saturated rings. The van der Waals surface area contributed by atoms with Crippen molar-refractivity contribution in [1.82, 2.24) is 0 Å². The largest absolute Gasteiger partial charge is 0.416 e. The number of hydrogen-bond donors (Lipinski definition) is 2. The van der Waals surface area contributed by atoms with E-state index in [0.717, 1.165) is 24.5 Å². The second-order valence-electron chi connectivity index (χ2n) is 7.32. The van der Waals surface area contributed by atoms with E-state index in [2.05, 4.69) is 10.6 Å². The molecule has 0 bridgehead atoms. The van der Waals surface area contributed by atoms with Gasteiger partial charge in [-0.1, -0.05) is 12.1 Å². The van der Waals surface area contributed by atoms with Gasteiger partial charge in [-0.2, -0.15) is 13.2 Å². The molecule has 0 radical (unpaired) electrons. The van der Waals surface area contributed by atoms with Gasteiger partial charge in [-0.05, 0) is 67.1 Å². The number of halogens is 3. The number of amides is 2. The van der Waals surface area contributed by atoms with Gasteiger partial charge in [0.1, 0.15) is 0 Å². The fourth-order valence-electron chi connectivity index (χ4n) is 2.98. The highest BCUT2D eigenvalue weighted by atomic mass is 32.2. The zero-order valence-electron chi connectivity index (χ0n) is 17.5. The van der Waals surface area contributed by atoms with Crippen LogP contribution < -0.4 is 10.6 Å². The van der Waals surface area contributed by atoms with E-state index < -0.39 is 33.4 Å². The van der Waals surface area contributed by atoms with Crippen LogP contribution in [-0.2, 0) is 16.0 Å². The molecule has 33 heavy (non-hydrogen) atoms. The molecule has 3 aromatic rings. The van der Waals surface area contributed by atoms with Gasteiger partial charge in [-0.15, -0.1) is 0 Å². The summed E-state index contributed by atoms with van der Waals surface area (Å²) in [7, 11) is -3.47. The molecule has 0 saturated heterocycles. The predicted molar refractivity (Wildman–Crippen MR) is 118 cm³/mol. The van der Waals surface area contributed by atoms with E-state index in [0.29, 0.717) is 16.9 Å². The number of benzene rings is 3. The van der Waals surface area contributed by atoms with Crippen LogP contribution in [0.5, 0.6) is 0 Å². The summed E-state index contributed by atoms with van der Waals surface area (Å²) in [6, 6.07) is 14.2. The van der Waals surface area contributed by atoms with E-state index in [1.807, 2.05) is 0 Å². The standard InChI is InChI=1S/C23H19F3N2O4S/c1-14-11-18(27-21(29)15-5-3-7-17(12-15)23(24,25)26)9-10-20(14)28-22(30)16-6-4-8-19(13-16)33(2,31)32/h3-13H,1-2H3,(H,27,29)(H,28,30). The van der Waals surface area contributed by atoms with E-state index in [-0.39, 0.29) is 16.0 Å². The number of nitrogens with one attached hydrogen (secondary N) is 2. The summed E-state index contributed by atoms with van der Waals surface area (Å²) >= 11 is 0. The molecule has 6 nitrogen and oxygen atoms in total. The SMILES string of the molecule is Cc1cc(NC(=O)c2cccc(C(F)(F)F)c2)ccc1NC(=O)c1cccc(S(C)(=O)=O)c1. The van der Waals surface area contributed by atoms with Crippen LogP contribution in [0, 0.1) is 6.92 Å². The van der Waals surface area contributed by atoms with Crippen LogP contribution in [0.15, 0.2) is 71.6 Å². The van der Waals surface area contributed by atoms with E-state index in [9.17, 15) is 31.2 Å². The number of alkyl halides is 3. The average molecular weight is 476 g/mol. The molecule has 0 aliphatic heterocycles. The molecule has 3 rings (SSSR count). The van der Waals surface area contributed by atoms with Gasteiger partial charge in [0.2, 0.25) is 0 Å². The van der Waals surface area contributed by atoms with E-state index in [4.69, 9.17) is 0 Å². The van der Waals surface area contributed by atoms with Crippen molar-refractivity contribution in [2.45, 2.75) is 18.0 Å². The highest BCUT2D eigenvalue weighted by molar-refractivity contribution is 7.90. The van der Waals surface area contributed by atoms with Crippen LogP contribution in [-0.4, -0.2) is 26.5 Å². The van der Waals surface area contributed by atoms with E-state index >= 15 is 0 Å². The number of aryl methyl sites for hydroxylation is 1. The monoisotopic (exact) mass is 476 g/mol. The first-order chi connectivity index (χ1) is 15.3. The minimum absolute atomic E-state index is 0.0134. The molecule has 0 aliphatic carbocycles. The first-order valence-electron chi connectivity index (χ1n) is 9.55. The summed E-state index contributed by atoms with van der Waals surface area (Å²) in [6.07, 6.45) is -3.52. The number of sulfone groups is 1. The molecule has 0 heterocycles. The topological polar surface area (TPSA) is 92.3 Å². The Morgan fingerprint density at radius 2 is 1.42 bits per heavy atom. The van der Waals surface area contributed by atoms with Crippen molar-refractivity contribution in [1.29, 1.82) is 0 Å². The Hall–Kier alpha value is -3.66. The average Bonchev–Trinajstić information content (AvgIpc) is 2.74. The van der Waals surface area contributed by atoms with Gasteiger partial charge in [0.05, 0.1) is 10.5 Å². The third-order valence-corrected chi connectivity index (χ3v) is 5.82. The minimum atomic E-state index is -4.56. The number of anilines is 2. The molecule has 0 unspecified atom stereocenters. The first kappa shape index (κ1) is 24.0. The van der Waals surface area contributed by atoms with Crippen LogP contribution in [0.3, 0.4) is 0 Å². The first-order valence-corrected chi connectivity index (χ1v) is 11.4. The van der Waals surface area contributed by atoms with Crippen molar-refractivity contribution in [2.75, 3.05) is 16.9 Å². The zero-order chi connectivity index (χ0) is 24.4. The summed E-state index contributed by atoms with van der Waals surface area (Å²) in [6.45, 7) is 1.67. The van der Waals surface area contributed by atoms with Gasteiger partial charge in [0.15, 0.2) is 9.84 Å². The summed E-state index contributed by atoms with van der Waals surface area (Å²) in [5.74, 6) is -1.24. The lowest BCUT2D eigenvalue weighted by Crippen LogP contribution is -2.15. The van der Waals surface area contributed by atoms with Gasteiger partial charge in [-0.3, -0.25) is 9.59 Å². The molecule has 0 saturated carbocycles. The summed E-state index contributed by atoms with van der Waals surface area (Å²) in [5.41, 5.74) is 0.396. The van der Waals surface area contributed by atoms with Crippen molar-refractivity contribution < 1.29 is 31.2 Å². The molecule has 2 N–H and O–H groups in total. The van der Waals surface area contributed by atoms with Crippen molar-refractivity contribution >= 4 is 33.0 Å². The maximum absolute atomic E-state index is 12.9. The quantitative estimate of drug-likeness (QED) is 0.547. The molecule has 0 spiro atoms. The van der Waals surface area contributed by atoms with Crippen LogP contribution >= 0.6 is 0 Å². The van der Waals surface area contributed by atoms with Gasteiger partial charge in [-0.25, -0.2) is 8.42 Å². The van der Waals surface area contributed by atoms with Gasteiger partial charge < -0.3 is 10.6 Å². The Labute approximate surface area is 188 Å². The maximum Gasteiger partial charge on any atom is 0.416 e. The summed E-state index contributed by atoms with van der Waals surface area (Å²) in [5, 5.41) is 5.20. The molecule has 0 atom stereocenters. The Bertz CT molecular complexity index is 1340. The Balaban J connectivity index is 1.74. The van der Waals surface area contributed by atoms with Crippen LogP contribution in [0.4, 0.5) is 24.5 Å². The number of hydrogen-bond acceptors (Lipinski definition) is 4. The van der Waals surface area contributed by atoms with Gasteiger partial charge >= 0.3 is 6.18 Å². The summed E-state index contributed by atoms with van der Waals surface area (Å²) < 4.78 is 62.0. The van der Waals surface area contributed by atoms with Crippen molar-refractivity contribution in [3.05, 3.63) is 89.0 Å². The van der Waals surface area contributed by atoms with Crippen LogP contribution in [0.2, 0.25) is 0 Å². The third kappa shape index (κ3) is 5.98. The van der Waals surface area contributed by atoms with Gasteiger partial charge in [0, 0.05) is 28.8 Å². The Morgan fingerprint density at radius 3 is 2.03 bits per heavy atom.